The number of ether oxygens (including phenoxy) is 10. The van der Waals surface area contributed by atoms with Gasteiger partial charge in [0, 0.05) is 158 Å². The Kier molecular flexibility index (Phi) is 49.7. The van der Waals surface area contributed by atoms with Crippen LogP contribution in [0, 0.1) is 103 Å². The van der Waals surface area contributed by atoms with E-state index in [0.29, 0.717) is 48.8 Å². The summed E-state index contributed by atoms with van der Waals surface area (Å²) in [6.45, 7) is 39.2. The molecule has 8 atom stereocenters. The van der Waals surface area contributed by atoms with Crippen molar-refractivity contribution in [2.45, 2.75) is 223 Å². The molecule has 12 rings (SSSR count). The first-order valence-corrected chi connectivity index (χ1v) is 57.0. The molecule has 2 N–H and O–H groups in total. The predicted octanol–water partition coefficient (Wildman–Crippen LogP) is 23.5. The third-order valence-electron chi connectivity index (χ3n) is 28.3. The van der Waals surface area contributed by atoms with Crippen LogP contribution in [0.4, 0.5) is 0 Å². The number of ketones is 4. The van der Waals surface area contributed by atoms with Gasteiger partial charge in [-0.05, 0) is 339 Å². The Hall–Kier alpha value is -8.88. The zero-order valence-electron chi connectivity index (χ0n) is 91.7. The van der Waals surface area contributed by atoms with Crippen molar-refractivity contribution >= 4 is 110 Å². The molecular formula is C119H162BrN3O20S4. The Morgan fingerprint density at radius 2 is 0.544 bits per heavy atom. The van der Waals surface area contributed by atoms with E-state index in [1.165, 1.54) is 41.4 Å². The lowest BCUT2D eigenvalue weighted by Gasteiger charge is -2.26. The number of thioether (sulfide) groups is 4. The van der Waals surface area contributed by atoms with Crippen LogP contribution in [-0.4, -0.2) is 253 Å². The van der Waals surface area contributed by atoms with Crippen LogP contribution in [0.2, 0.25) is 0 Å². The van der Waals surface area contributed by atoms with Gasteiger partial charge in [-0.2, -0.15) is 0 Å². The molecule has 28 heteroatoms. The van der Waals surface area contributed by atoms with Gasteiger partial charge in [-0.25, -0.2) is 19.2 Å². The minimum absolute atomic E-state index is 0.0253. The number of nitrogens with zero attached hydrogens (tertiary/aromatic N) is 3. The molecule has 1 aliphatic carbocycles. The molecule has 8 aromatic carbocycles. The van der Waals surface area contributed by atoms with E-state index < -0.39 is 46.3 Å². The molecule has 0 aromatic heterocycles. The van der Waals surface area contributed by atoms with Crippen molar-refractivity contribution < 1.29 is 95.9 Å². The van der Waals surface area contributed by atoms with Gasteiger partial charge in [-0.3, -0.25) is 19.2 Å². The normalized spacial score (nSPS) is 18.0. The molecule has 0 radical (unpaired) electrons. The van der Waals surface area contributed by atoms with E-state index in [2.05, 4.69) is 83.9 Å². The van der Waals surface area contributed by atoms with Gasteiger partial charge in [-0.1, -0.05) is 119 Å². The van der Waals surface area contributed by atoms with Gasteiger partial charge in [-0.15, -0.1) is 47.0 Å². The third kappa shape index (κ3) is 36.2. The molecule has 1 saturated carbocycles. The summed E-state index contributed by atoms with van der Waals surface area (Å²) < 4.78 is 54.1. The number of aliphatic carboxylic acids is 2. The van der Waals surface area contributed by atoms with Crippen LogP contribution in [0.15, 0.2) is 165 Å². The van der Waals surface area contributed by atoms with E-state index in [4.69, 9.17) is 42.6 Å². The number of halogens is 1. The average molecular weight is 2160 g/mol. The van der Waals surface area contributed by atoms with Gasteiger partial charge in [0.05, 0.1) is 40.6 Å². The molecular weight excluding hydrogens is 2000 g/mol. The number of carbonyl (C=O) groups is 8. The molecule has 3 heterocycles. The summed E-state index contributed by atoms with van der Waals surface area (Å²) in [5.74, 6) is 2.11. The highest BCUT2D eigenvalue weighted by atomic mass is 79.9. The highest BCUT2D eigenvalue weighted by Gasteiger charge is 2.43. The number of carbonyl (C=O) groups excluding carboxylic acids is 6. The van der Waals surface area contributed by atoms with Crippen molar-refractivity contribution in [3.05, 3.63) is 235 Å². The van der Waals surface area contributed by atoms with Gasteiger partial charge < -0.3 is 72.3 Å². The molecule has 4 fully saturated rings. The number of hydrogen-bond donors (Lipinski definition) is 2. The van der Waals surface area contributed by atoms with Gasteiger partial charge in [0.1, 0.15) is 23.0 Å². The van der Waals surface area contributed by atoms with E-state index in [1.807, 2.05) is 177 Å². The zero-order chi connectivity index (χ0) is 108. The molecule has 3 saturated heterocycles. The minimum atomic E-state index is -1.30. The fraction of sp³-hybridized carbons (Fsp3) is 0.529. The first kappa shape index (κ1) is 123. The molecule has 3 aliphatic heterocycles. The summed E-state index contributed by atoms with van der Waals surface area (Å²) in [6, 6.07) is 48.8. The van der Waals surface area contributed by atoms with Crippen LogP contribution in [0.1, 0.15) is 209 Å². The van der Waals surface area contributed by atoms with Crippen molar-refractivity contribution in [2.75, 3.05) is 158 Å². The van der Waals surface area contributed by atoms with Crippen molar-refractivity contribution in [1.82, 2.24) is 14.7 Å². The van der Waals surface area contributed by atoms with Crippen LogP contribution in [-0.2, 0) is 73.3 Å². The topological polar surface area (TPSA) is 279 Å². The lowest BCUT2D eigenvalue weighted by molar-refractivity contribution is -0.156. The summed E-state index contributed by atoms with van der Waals surface area (Å²) >= 11 is 9.90. The highest BCUT2D eigenvalue weighted by molar-refractivity contribution is 9.09. The molecule has 0 amide bonds. The van der Waals surface area contributed by atoms with Crippen molar-refractivity contribution in [3.63, 3.8) is 0 Å². The Morgan fingerprint density at radius 3 is 0.748 bits per heavy atom. The quantitative estimate of drug-likeness (QED) is 0.0155. The van der Waals surface area contributed by atoms with Crippen molar-refractivity contribution in [3.8, 4) is 23.0 Å². The number of likely N-dealkylation sites (tertiary alicyclic amines) is 3. The molecule has 4 aliphatic rings. The SMILES string of the molecule is COC(=O)C(C)(C)Oc1c(C)cc(CC[C@H]2CCC[C@@H]2C(=O)c2ccc(SC)cc2)cc1C.COCCBr.COCCN1C[C@@H](CCc2cc(C)c(OC(C)(C)C(=O)O)c(C)c2)[C@H](C(=O)c2ccc(SC)cc2)C1.COCCN1C[C@H](CCc2cc(C)c(OC(C)(C)C(=O)O)c(C)c2)[C@@H](C(=O)c2ccc(SC)cc2)C1.COCCN1C[C@H](CCc2cc(C)c(OC(C)(C)C(=O)OC)c(C)c2)[C@@H](C(=O)c2ccc(SC)cc2)C1. The molecule has 0 bridgehead atoms. The van der Waals surface area contributed by atoms with E-state index in [1.54, 1.807) is 131 Å². The number of aryl methyl sites for hydroxylation is 12. The summed E-state index contributed by atoms with van der Waals surface area (Å²) in [6.07, 6.45) is 18.6. The van der Waals surface area contributed by atoms with E-state index >= 15 is 0 Å². The number of methoxy groups -OCH3 is 6. The van der Waals surface area contributed by atoms with Crippen LogP contribution < -0.4 is 18.9 Å². The summed E-state index contributed by atoms with van der Waals surface area (Å²) in [7, 11) is 9.55. The lowest BCUT2D eigenvalue weighted by atomic mass is 9.84. The Balaban J connectivity index is 0.000000235. The molecule has 23 nitrogen and oxygen atoms in total. The smallest absolute Gasteiger partial charge is 0.349 e. The lowest BCUT2D eigenvalue weighted by Crippen LogP contribution is -2.39. The van der Waals surface area contributed by atoms with Crippen molar-refractivity contribution in [2.24, 2.45) is 47.3 Å². The van der Waals surface area contributed by atoms with E-state index in [9.17, 15) is 48.6 Å². The third-order valence-corrected chi connectivity index (χ3v) is 31.6. The largest absolute Gasteiger partial charge is 0.478 e. The predicted molar refractivity (Wildman–Crippen MR) is 598 cm³/mol. The molecule has 0 unspecified atom stereocenters. The maximum absolute atomic E-state index is 13.5. The fourth-order valence-corrected chi connectivity index (χ4v) is 22.0. The second-order valence-electron chi connectivity index (χ2n) is 41.1. The van der Waals surface area contributed by atoms with Crippen molar-refractivity contribution in [1.29, 1.82) is 0 Å². The second kappa shape index (κ2) is 59.2. The van der Waals surface area contributed by atoms with E-state index in [0.717, 1.165) is 229 Å². The van der Waals surface area contributed by atoms with Gasteiger partial charge >= 0.3 is 23.9 Å². The number of hydrogen-bond acceptors (Lipinski definition) is 25. The van der Waals surface area contributed by atoms with Crippen LogP contribution >= 0.6 is 63.0 Å². The zero-order valence-corrected chi connectivity index (χ0v) is 96.6. The number of carboxylic acid groups (broad SMARTS) is 2. The summed E-state index contributed by atoms with van der Waals surface area (Å²) in [4.78, 5) is 113. The number of rotatable bonds is 47. The van der Waals surface area contributed by atoms with Gasteiger partial charge in [0.25, 0.3) is 0 Å². The van der Waals surface area contributed by atoms with Crippen LogP contribution in [0.25, 0.3) is 0 Å². The number of carboxylic acids is 2. The number of Topliss-reactive ketones (excluding diaryl/α,β-unsaturated/α-hetero) is 4. The number of alkyl halides is 1. The number of esters is 2. The number of benzene rings is 8. The van der Waals surface area contributed by atoms with Crippen LogP contribution in [0.3, 0.4) is 0 Å². The monoisotopic (exact) mass is 2160 g/mol. The van der Waals surface area contributed by atoms with Gasteiger partial charge in [0.2, 0.25) is 0 Å². The molecule has 0 spiro atoms. The van der Waals surface area contributed by atoms with E-state index in [-0.39, 0.29) is 58.8 Å². The summed E-state index contributed by atoms with van der Waals surface area (Å²) in [5.41, 5.74) is 11.0. The second-order valence-corrected chi connectivity index (χ2v) is 45.5. The maximum Gasteiger partial charge on any atom is 0.349 e. The van der Waals surface area contributed by atoms with Crippen LogP contribution in [0.5, 0.6) is 23.0 Å². The molecule has 147 heavy (non-hydrogen) atoms. The highest BCUT2D eigenvalue weighted by Crippen LogP contribution is 2.43. The maximum atomic E-state index is 13.5. The summed E-state index contributed by atoms with van der Waals surface area (Å²) in [5, 5.41) is 19.8. The fourth-order valence-electron chi connectivity index (χ4n) is 20.0. The Labute approximate surface area is 900 Å². The molecule has 8 aromatic rings. The first-order valence-electron chi connectivity index (χ1n) is 51.0. The minimum Gasteiger partial charge on any atom is -0.478 e. The van der Waals surface area contributed by atoms with Gasteiger partial charge in [0.15, 0.2) is 45.5 Å². The standard InChI is InChI=1S/C30H41NO5S.2C29H39NO5S.C28H36O4S.C3H7BrO/c1-20-16-22(17-21(2)28(20)36-30(3,4)29(33)35-6)8-9-24-18-31(14-15-34-5)19-26(24)27(32)23-10-12-25(37-7)13-11-23;2*1-19-15-21(16-20(2)27(19)35-29(3,4)28(32)33)7-8-23-17-30(13-14-34-5)18-25(23)26(31)22-9-11-24(36-6)12-10-22;1-18-16-20(17-19(2)26(18)32-28(3,4)27(30)31-5)10-11-21-8-7-9-24(21)25(29)22-12-14-23(33-6)15-13-22;1-5-3-2-4/h10-13,16-17,24,26H,8-9,14-15,18-19H2,1-7H3;2*9-12,15-16,23,25H,7-8,13-14,17-18H2,1-6H3,(H,32,33);12-17,21,24H,7-11H2,1-6H3;2-3H2,1H3/t24-,26-;2*23-,25-;21-,24+;/m0101./s1. The first-order chi connectivity index (χ1) is 69.8. The molecule has 804 valence electrons. The Bertz CT molecular complexity index is 5370. The Morgan fingerprint density at radius 1 is 0.320 bits per heavy atom. The average Bonchev–Trinajstić information content (AvgIpc) is 1.54.